The van der Waals surface area contributed by atoms with Gasteiger partial charge in [-0.3, -0.25) is 0 Å². The molecular weight excluding hydrogens is 335 g/mol. The normalized spacial score (nSPS) is 11.6. The van der Waals surface area contributed by atoms with Crippen molar-refractivity contribution in [1.29, 1.82) is 0 Å². The number of aryl methyl sites for hydroxylation is 2. The Bertz CT molecular complexity index is 651. The fourth-order valence-corrected chi connectivity index (χ4v) is 3.05. The lowest BCUT2D eigenvalue weighted by molar-refractivity contribution is 0.320. The first-order valence-corrected chi connectivity index (χ1v) is 8.76. The maximum atomic E-state index is 8.43. The van der Waals surface area contributed by atoms with Gasteiger partial charge in [0.1, 0.15) is 5.82 Å². The zero-order valence-electron chi connectivity index (χ0n) is 13.3. The lowest BCUT2D eigenvalue weighted by Gasteiger charge is -2.22. The average molecular weight is 357 g/mol. The summed E-state index contributed by atoms with van der Waals surface area (Å²) in [6, 6.07) is 6.27. The van der Waals surface area contributed by atoms with E-state index in [0.29, 0.717) is 11.8 Å². The SMILES string of the molecule is Cn1c(CCC/C=N\O)nc2cc(N(CCCl)CCCl)ccc21. The van der Waals surface area contributed by atoms with E-state index in [0.717, 1.165) is 54.9 Å². The third kappa shape index (κ3) is 4.52. The Morgan fingerprint density at radius 2 is 2.04 bits per heavy atom. The zero-order valence-corrected chi connectivity index (χ0v) is 14.8. The highest BCUT2D eigenvalue weighted by Gasteiger charge is 2.11. The van der Waals surface area contributed by atoms with Crippen molar-refractivity contribution in [2.75, 3.05) is 29.7 Å². The second-order valence-corrected chi connectivity index (χ2v) is 6.07. The van der Waals surface area contributed by atoms with E-state index in [4.69, 9.17) is 33.4 Å². The molecule has 0 spiro atoms. The van der Waals surface area contributed by atoms with Gasteiger partial charge in [-0.2, -0.15) is 0 Å². The van der Waals surface area contributed by atoms with Crippen LogP contribution in [0, 0.1) is 0 Å². The van der Waals surface area contributed by atoms with Crippen LogP contribution in [-0.2, 0) is 13.5 Å². The molecule has 0 atom stereocenters. The maximum Gasteiger partial charge on any atom is 0.109 e. The molecular formula is C16H22Cl2N4O. The molecule has 0 aliphatic heterocycles. The Kier molecular flexibility index (Phi) is 6.99. The molecule has 0 saturated heterocycles. The van der Waals surface area contributed by atoms with E-state index in [1.807, 2.05) is 7.05 Å². The number of halogens is 2. The number of aromatic nitrogens is 2. The highest BCUT2D eigenvalue weighted by molar-refractivity contribution is 6.18. The number of imidazole rings is 1. The van der Waals surface area contributed by atoms with Crippen LogP contribution in [0.1, 0.15) is 18.7 Å². The first kappa shape index (κ1) is 17.9. The van der Waals surface area contributed by atoms with Gasteiger partial charge in [-0.1, -0.05) is 0 Å². The van der Waals surface area contributed by atoms with Crippen LogP contribution in [0.5, 0.6) is 0 Å². The molecule has 5 nitrogen and oxygen atoms in total. The number of anilines is 1. The number of hydrogen-bond acceptors (Lipinski definition) is 4. The number of oxime groups is 1. The summed E-state index contributed by atoms with van der Waals surface area (Å²) in [5, 5.41) is 11.4. The van der Waals surface area contributed by atoms with E-state index in [1.165, 1.54) is 6.21 Å². The molecule has 0 aliphatic rings. The second-order valence-electron chi connectivity index (χ2n) is 5.32. The van der Waals surface area contributed by atoms with Crippen molar-refractivity contribution in [3.05, 3.63) is 24.0 Å². The van der Waals surface area contributed by atoms with E-state index in [9.17, 15) is 0 Å². The summed E-state index contributed by atoms with van der Waals surface area (Å²) >= 11 is 11.8. The maximum absolute atomic E-state index is 8.43. The predicted octanol–water partition coefficient (Wildman–Crippen LogP) is 3.64. The minimum Gasteiger partial charge on any atom is -0.411 e. The Hall–Kier alpha value is -1.46. The third-order valence-electron chi connectivity index (χ3n) is 3.85. The molecule has 2 rings (SSSR count). The largest absolute Gasteiger partial charge is 0.411 e. The number of hydrogen-bond donors (Lipinski definition) is 1. The molecule has 1 heterocycles. The second kappa shape index (κ2) is 8.99. The summed E-state index contributed by atoms with van der Waals surface area (Å²) in [5.74, 6) is 2.16. The molecule has 0 saturated carbocycles. The molecule has 1 N–H and O–H groups in total. The van der Waals surface area contributed by atoms with Gasteiger partial charge in [-0.25, -0.2) is 4.98 Å². The van der Waals surface area contributed by atoms with Gasteiger partial charge in [0.2, 0.25) is 0 Å². The van der Waals surface area contributed by atoms with Crippen LogP contribution in [0.15, 0.2) is 23.4 Å². The van der Waals surface area contributed by atoms with Crippen LogP contribution < -0.4 is 4.90 Å². The summed E-state index contributed by atoms with van der Waals surface area (Å²) in [6.07, 6.45) is 4.00. The Morgan fingerprint density at radius 3 is 2.70 bits per heavy atom. The molecule has 1 aromatic carbocycles. The van der Waals surface area contributed by atoms with Crippen LogP contribution in [-0.4, -0.2) is 45.8 Å². The average Bonchev–Trinajstić information content (AvgIpc) is 2.87. The van der Waals surface area contributed by atoms with Crippen LogP contribution in [0.3, 0.4) is 0 Å². The summed E-state index contributed by atoms with van der Waals surface area (Å²) in [6.45, 7) is 1.53. The van der Waals surface area contributed by atoms with Crippen molar-refractivity contribution >= 4 is 46.1 Å². The number of unbranched alkanes of at least 4 members (excludes halogenated alkanes) is 1. The highest BCUT2D eigenvalue weighted by Crippen LogP contribution is 2.23. The fourth-order valence-electron chi connectivity index (χ4n) is 2.64. The molecule has 7 heteroatoms. The Labute approximate surface area is 146 Å². The molecule has 0 bridgehead atoms. The molecule has 2 aromatic rings. The fraction of sp³-hybridized carbons (Fsp3) is 0.500. The third-order valence-corrected chi connectivity index (χ3v) is 4.18. The smallest absolute Gasteiger partial charge is 0.109 e. The molecule has 0 aliphatic carbocycles. The summed E-state index contributed by atoms with van der Waals surface area (Å²) < 4.78 is 2.11. The van der Waals surface area contributed by atoms with Crippen molar-refractivity contribution in [1.82, 2.24) is 9.55 Å². The van der Waals surface area contributed by atoms with Gasteiger partial charge in [-0.15, -0.1) is 28.4 Å². The summed E-state index contributed by atoms with van der Waals surface area (Å²) in [4.78, 5) is 6.91. The van der Waals surface area contributed by atoms with Gasteiger partial charge in [0.05, 0.1) is 11.0 Å². The zero-order chi connectivity index (χ0) is 16.7. The van der Waals surface area contributed by atoms with Crippen molar-refractivity contribution in [3.8, 4) is 0 Å². The van der Waals surface area contributed by atoms with Gasteiger partial charge in [0.25, 0.3) is 0 Å². The highest BCUT2D eigenvalue weighted by atomic mass is 35.5. The van der Waals surface area contributed by atoms with Crippen molar-refractivity contribution in [2.24, 2.45) is 12.2 Å². The number of fused-ring (bicyclic) bond motifs is 1. The van der Waals surface area contributed by atoms with E-state index in [-0.39, 0.29) is 0 Å². The molecule has 0 unspecified atom stereocenters. The lowest BCUT2D eigenvalue weighted by atomic mass is 10.2. The topological polar surface area (TPSA) is 53.6 Å². The molecule has 0 radical (unpaired) electrons. The first-order chi connectivity index (χ1) is 11.2. The lowest BCUT2D eigenvalue weighted by Crippen LogP contribution is -2.27. The van der Waals surface area contributed by atoms with Gasteiger partial charge in [-0.05, 0) is 31.0 Å². The minimum absolute atomic E-state index is 0.564. The van der Waals surface area contributed by atoms with Gasteiger partial charge in [0, 0.05) is 50.2 Å². The number of alkyl halides is 2. The number of benzene rings is 1. The molecule has 0 amide bonds. The van der Waals surface area contributed by atoms with E-state index in [1.54, 1.807) is 0 Å². The van der Waals surface area contributed by atoms with Crippen LogP contribution in [0.25, 0.3) is 11.0 Å². The van der Waals surface area contributed by atoms with Gasteiger partial charge >= 0.3 is 0 Å². The molecule has 0 fully saturated rings. The quantitative estimate of drug-likeness (QED) is 0.245. The minimum atomic E-state index is 0.564. The van der Waals surface area contributed by atoms with Gasteiger partial charge < -0.3 is 14.7 Å². The molecule has 1 aromatic heterocycles. The summed E-state index contributed by atoms with van der Waals surface area (Å²) in [5.41, 5.74) is 3.18. The van der Waals surface area contributed by atoms with Crippen molar-refractivity contribution in [2.45, 2.75) is 19.3 Å². The van der Waals surface area contributed by atoms with E-state index in [2.05, 4.69) is 32.8 Å². The predicted molar refractivity (Wildman–Crippen MR) is 97.6 cm³/mol. The Balaban J connectivity index is 2.21. The van der Waals surface area contributed by atoms with E-state index >= 15 is 0 Å². The first-order valence-electron chi connectivity index (χ1n) is 7.69. The standard InChI is InChI=1S/C16H22Cl2N4O/c1-21-15-6-5-13(22(10-7-17)11-8-18)12-14(15)20-16(21)4-2-3-9-19-23/h5-6,9,12,23H,2-4,7-8,10-11H2,1H3/b19-9-. The van der Waals surface area contributed by atoms with Crippen molar-refractivity contribution in [3.63, 3.8) is 0 Å². The van der Waals surface area contributed by atoms with Crippen LogP contribution in [0.4, 0.5) is 5.69 Å². The molecule has 23 heavy (non-hydrogen) atoms. The number of nitrogens with zero attached hydrogens (tertiary/aromatic N) is 4. The summed E-state index contributed by atoms with van der Waals surface area (Å²) in [7, 11) is 2.03. The van der Waals surface area contributed by atoms with Crippen LogP contribution in [0.2, 0.25) is 0 Å². The van der Waals surface area contributed by atoms with E-state index < -0.39 is 0 Å². The van der Waals surface area contributed by atoms with Crippen molar-refractivity contribution < 1.29 is 5.21 Å². The van der Waals surface area contributed by atoms with Crippen LogP contribution >= 0.6 is 23.2 Å². The van der Waals surface area contributed by atoms with Gasteiger partial charge in [0.15, 0.2) is 0 Å². The molecule has 126 valence electrons. The monoisotopic (exact) mass is 356 g/mol. The number of rotatable bonds is 9. The Morgan fingerprint density at radius 1 is 1.30 bits per heavy atom.